The Kier molecular flexibility index (Phi) is 12.4. The maximum atomic E-state index is 11.5. The summed E-state index contributed by atoms with van der Waals surface area (Å²) >= 11 is 1.81. The minimum absolute atomic E-state index is 0.184. The number of hydrogen-bond donors (Lipinski definition) is 2. The number of aromatic nitrogens is 1. The van der Waals surface area contributed by atoms with Gasteiger partial charge in [-0.05, 0) is 90.7 Å². The molecule has 230 valence electrons. The number of aromatic hydroxyl groups is 1. The van der Waals surface area contributed by atoms with E-state index in [1.54, 1.807) is 11.9 Å². The molecular formula is C36H41N3O4S. The molecule has 44 heavy (non-hydrogen) atoms. The second-order valence-electron chi connectivity index (χ2n) is 11.0. The highest BCUT2D eigenvalue weighted by atomic mass is 32.2. The Morgan fingerprint density at radius 3 is 2.16 bits per heavy atom. The van der Waals surface area contributed by atoms with Gasteiger partial charge in [-0.3, -0.25) is 9.78 Å². The highest BCUT2D eigenvalue weighted by Gasteiger charge is 2.16. The van der Waals surface area contributed by atoms with Gasteiger partial charge in [-0.1, -0.05) is 68.1 Å². The largest absolute Gasteiger partial charge is 0.507 e. The van der Waals surface area contributed by atoms with E-state index in [0.717, 1.165) is 18.7 Å². The fourth-order valence-electron chi connectivity index (χ4n) is 5.25. The molecule has 1 saturated carbocycles. The maximum absolute atomic E-state index is 11.5. The van der Waals surface area contributed by atoms with Crippen LogP contribution >= 0.6 is 11.9 Å². The van der Waals surface area contributed by atoms with Gasteiger partial charge < -0.3 is 15.1 Å². The van der Waals surface area contributed by atoms with E-state index in [-0.39, 0.29) is 11.3 Å². The maximum Gasteiger partial charge on any atom is 0.339 e. The third kappa shape index (κ3) is 9.69. The van der Waals surface area contributed by atoms with Crippen LogP contribution in [0.3, 0.4) is 0 Å². The van der Waals surface area contributed by atoms with Crippen LogP contribution in [0.1, 0.15) is 77.6 Å². The number of benzene rings is 3. The number of nitrogens with zero attached hydrogens (tertiary/aromatic N) is 3. The van der Waals surface area contributed by atoms with Crippen LogP contribution in [0.5, 0.6) is 5.75 Å². The van der Waals surface area contributed by atoms with Gasteiger partial charge in [0.25, 0.3) is 0 Å². The molecule has 0 unspecified atom stereocenters. The van der Waals surface area contributed by atoms with Crippen molar-refractivity contribution in [2.45, 2.75) is 69.9 Å². The summed E-state index contributed by atoms with van der Waals surface area (Å²) in [6.07, 6.45) is 10.8. The number of carboxylic acids is 1. The van der Waals surface area contributed by atoms with E-state index >= 15 is 0 Å². The van der Waals surface area contributed by atoms with Crippen molar-refractivity contribution in [1.29, 1.82) is 0 Å². The zero-order valence-corrected chi connectivity index (χ0v) is 26.2. The topological polar surface area (TPSA) is 94.0 Å². The minimum atomic E-state index is -1.20. The van der Waals surface area contributed by atoms with E-state index in [0.29, 0.717) is 24.6 Å². The van der Waals surface area contributed by atoms with Gasteiger partial charge >= 0.3 is 5.97 Å². The molecule has 1 aliphatic carbocycles. The lowest BCUT2D eigenvalue weighted by Gasteiger charge is -2.23. The number of amides is 1. The molecular weight excluding hydrogens is 570 g/mol. The van der Waals surface area contributed by atoms with Gasteiger partial charge in [-0.15, -0.1) is 0 Å². The summed E-state index contributed by atoms with van der Waals surface area (Å²) in [4.78, 5) is 29.2. The average molecular weight is 612 g/mol. The summed E-state index contributed by atoms with van der Waals surface area (Å²) in [7, 11) is 0. The minimum Gasteiger partial charge on any atom is -0.507 e. The van der Waals surface area contributed by atoms with Crippen molar-refractivity contribution < 1.29 is 19.8 Å². The first-order valence-electron chi connectivity index (χ1n) is 15.1. The summed E-state index contributed by atoms with van der Waals surface area (Å²) in [5.74, 6) is -0.917. The van der Waals surface area contributed by atoms with E-state index < -0.39 is 5.97 Å². The van der Waals surface area contributed by atoms with Crippen LogP contribution in [0.4, 0.5) is 5.69 Å². The molecule has 1 heterocycles. The molecule has 0 atom stereocenters. The zero-order chi connectivity index (χ0) is 31.3. The lowest BCUT2D eigenvalue weighted by atomic mass is 9.84. The van der Waals surface area contributed by atoms with Crippen molar-refractivity contribution in [2.75, 3.05) is 11.4 Å². The molecule has 0 spiro atoms. The van der Waals surface area contributed by atoms with Crippen LogP contribution in [0.25, 0.3) is 0 Å². The number of carbonyl (C=O) groups excluding carboxylic acids is 1. The number of aromatic carboxylic acids is 1. The van der Waals surface area contributed by atoms with E-state index in [1.807, 2.05) is 24.5 Å². The molecule has 7 nitrogen and oxygen atoms in total. The summed E-state index contributed by atoms with van der Waals surface area (Å²) in [6.45, 7) is 6.62. The molecule has 3 aromatic carbocycles. The Labute approximate surface area is 264 Å². The smallest absolute Gasteiger partial charge is 0.339 e. The second kappa shape index (κ2) is 16.6. The molecule has 1 aliphatic rings. The first kappa shape index (κ1) is 32.8. The van der Waals surface area contributed by atoms with Gasteiger partial charge in [0.15, 0.2) is 0 Å². The monoisotopic (exact) mass is 611 g/mol. The van der Waals surface area contributed by atoms with Crippen LogP contribution in [0.2, 0.25) is 0 Å². The Balaban J connectivity index is 0.000000215. The molecule has 0 radical (unpaired) electrons. The molecule has 1 amide bonds. The molecule has 4 aromatic rings. The summed E-state index contributed by atoms with van der Waals surface area (Å²) in [5, 5.41) is 18.8. The molecule has 8 heteroatoms. The number of phenols is 1. The fraction of sp³-hybridized carbons (Fsp3) is 0.306. The highest BCUT2D eigenvalue weighted by molar-refractivity contribution is 7.97. The molecule has 0 saturated heterocycles. The summed E-state index contributed by atoms with van der Waals surface area (Å²) < 4.78 is 2.35. The SMILES string of the molecule is CCN(Cc1ccncc1)Sc1ccc(C)cc1.O=CN(Cc1ccc(C2CCCCC2)cc1)c1ccc(C(=O)O)c(O)c1. The third-order valence-electron chi connectivity index (χ3n) is 7.80. The normalized spacial score (nSPS) is 13.2. The lowest BCUT2D eigenvalue weighted by Crippen LogP contribution is -2.20. The Hall–Kier alpha value is -4.14. The summed E-state index contributed by atoms with van der Waals surface area (Å²) in [6, 6.07) is 25.3. The fourth-order valence-corrected chi connectivity index (χ4v) is 6.14. The van der Waals surface area contributed by atoms with Gasteiger partial charge in [0.1, 0.15) is 11.3 Å². The first-order valence-corrected chi connectivity index (χ1v) is 15.9. The Morgan fingerprint density at radius 1 is 0.909 bits per heavy atom. The number of rotatable bonds is 11. The van der Waals surface area contributed by atoms with Gasteiger partial charge in [-0.2, -0.15) is 0 Å². The van der Waals surface area contributed by atoms with Crippen molar-refractivity contribution in [3.63, 3.8) is 0 Å². The first-order chi connectivity index (χ1) is 21.4. The van der Waals surface area contributed by atoms with Gasteiger partial charge in [0.2, 0.25) is 6.41 Å². The second-order valence-corrected chi connectivity index (χ2v) is 12.2. The molecule has 1 fully saturated rings. The van der Waals surface area contributed by atoms with Crippen LogP contribution in [0, 0.1) is 6.92 Å². The van der Waals surface area contributed by atoms with Crippen LogP contribution in [0.15, 0.2) is 96.2 Å². The van der Waals surface area contributed by atoms with Gasteiger partial charge in [-0.25, -0.2) is 9.10 Å². The van der Waals surface area contributed by atoms with Crippen molar-refractivity contribution >= 4 is 30.0 Å². The van der Waals surface area contributed by atoms with Crippen molar-refractivity contribution in [3.8, 4) is 5.75 Å². The molecule has 0 aliphatic heterocycles. The van der Waals surface area contributed by atoms with Gasteiger partial charge in [0.05, 0.1) is 6.54 Å². The van der Waals surface area contributed by atoms with Crippen molar-refractivity contribution in [3.05, 3.63) is 119 Å². The van der Waals surface area contributed by atoms with E-state index in [1.165, 1.54) is 76.8 Å². The van der Waals surface area contributed by atoms with E-state index in [9.17, 15) is 14.7 Å². The number of carboxylic acid groups (broad SMARTS) is 1. The number of hydrogen-bond acceptors (Lipinski definition) is 6. The Bertz CT molecular complexity index is 1470. The Morgan fingerprint density at radius 2 is 1.57 bits per heavy atom. The zero-order valence-electron chi connectivity index (χ0n) is 25.4. The lowest BCUT2D eigenvalue weighted by molar-refractivity contribution is -0.107. The van der Waals surface area contributed by atoms with E-state index in [4.69, 9.17) is 5.11 Å². The summed E-state index contributed by atoms with van der Waals surface area (Å²) in [5.41, 5.74) is 5.21. The standard InChI is InChI=1S/C21H23NO4.C15H18N2S/c23-14-22(18-10-11-19(21(25)26)20(24)12-18)13-15-6-8-17(9-7-15)16-4-2-1-3-5-16;1-3-17(12-14-8-10-16-11-9-14)18-15-6-4-13(2)5-7-15/h6-12,14,16,24H,1-5,13H2,(H,25,26);4-11H,3,12H2,1-2H3. The number of aryl methyl sites for hydroxylation is 1. The number of anilines is 1. The third-order valence-corrected chi connectivity index (χ3v) is 8.92. The number of pyridine rings is 1. The van der Waals surface area contributed by atoms with E-state index in [2.05, 4.69) is 71.7 Å². The highest BCUT2D eigenvalue weighted by Crippen LogP contribution is 2.33. The number of carbonyl (C=O) groups is 2. The van der Waals surface area contributed by atoms with Crippen LogP contribution in [-0.2, 0) is 17.9 Å². The van der Waals surface area contributed by atoms with Crippen molar-refractivity contribution in [1.82, 2.24) is 9.29 Å². The average Bonchev–Trinajstić information content (AvgIpc) is 3.05. The molecule has 5 rings (SSSR count). The molecule has 0 bridgehead atoms. The van der Waals surface area contributed by atoms with Crippen molar-refractivity contribution in [2.24, 2.45) is 0 Å². The van der Waals surface area contributed by atoms with Crippen LogP contribution in [-0.4, -0.2) is 38.4 Å². The predicted octanol–water partition coefficient (Wildman–Crippen LogP) is 8.22. The quantitative estimate of drug-likeness (QED) is 0.130. The van der Waals surface area contributed by atoms with Gasteiger partial charge in [0, 0.05) is 42.1 Å². The molecule has 1 aromatic heterocycles. The van der Waals surface area contributed by atoms with Crippen LogP contribution < -0.4 is 4.90 Å². The predicted molar refractivity (Wildman–Crippen MR) is 177 cm³/mol. The molecule has 2 N–H and O–H groups in total.